The number of piperazine rings is 1. The smallest absolute Gasteiger partial charge is 0.243 e. The minimum atomic E-state index is -3.41. The molecule has 1 aromatic carbocycles. The van der Waals surface area contributed by atoms with Crippen molar-refractivity contribution in [3.63, 3.8) is 0 Å². The molecule has 21 heavy (non-hydrogen) atoms. The van der Waals surface area contributed by atoms with Gasteiger partial charge in [-0.3, -0.25) is 4.90 Å². The number of nitrogens with zero attached hydrogens (tertiary/aromatic N) is 3. The lowest BCUT2D eigenvalue weighted by atomic mass is 10.1. The molecule has 1 saturated heterocycles. The monoisotopic (exact) mass is 307 g/mol. The Bertz CT molecular complexity index is 597. The lowest BCUT2D eigenvalue weighted by Gasteiger charge is -2.32. The van der Waals surface area contributed by atoms with Crippen LogP contribution in [-0.2, 0) is 16.4 Å². The van der Waals surface area contributed by atoms with Crippen LogP contribution in [0.15, 0.2) is 29.2 Å². The van der Waals surface area contributed by atoms with Crippen LogP contribution in [0, 0.1) is 11.3 Å². The predicted molar refractivity (Wildman–Crippen MR) is 81.2 cm³/mol. The first-order valence-electron chi connectivity index (χ1n) is 7.26. The molecule has 0 spiro atoms. The SMILES string of the molecule is CCCc1ccc(S(=O)(=O)N2CCN(CC#N)CC2)cc1. The maximum Gasteiger partial charge on any atom is 0.243 e. The Morgan fingerprint density at radius 3 is 2.29 bits per heavy atom. The summed E-state index contributed by atoms with van der Waals surface area (Å²) in [5, 5.41) is 8.67. The Kier molecular flexibility index (Phi) is 5.34. The number of nitriles is 1. The molecule has 1 aliphatic heterocycles. The molecule has 0 aliphatic carbocycles. The molecule has 5 nitrogen and oxygen atoms in total. The average molecular weight is 307 g/mol. The molecular formula is C15H21N3O2S. The lowest BCUT2D eigenvalue weighted by Crippen LogP contribution is -2.48. The minimum absolute atomic E-state index is 0.357. The molecule has 0 bridgehead atoms. The highest BCUT2D eigenvalue weighted by molar-refractivity contribution is 7.89. The van der Waals surface area contributed by atoms with Crippen LogP contribution < -0.4 is 0 Å². The van der Waals surface area contributed by atoms with Crippen LogP contribution >= 0.6 is 0 Å². The van der Waals surface area contributed by atoms with Crippen LogP contribution in [0.5, 0.6) is 0 Å². The number of aryl methyl sites for hydroxylation is 1. The Balaban J connectivity index is 2.07. The normalized spacial score (nSPS) is 17.5. The van der Waals surface area contributed by atoms with E-state index in [0.29, 0.717) is 37.6 Å². The first-order chi connectivity index (χ1) is 10.1. The van der Waals surface area contributed by atoms with E-state index >= 15 is 0 Å². The summed E-state index contributed by atoms with van der Waals surface area (Å²) in [6.45, 7) is 4.58. The van der Waals surface area contributed by atoms with Crippen LogP contribution in [0.2, 0.25) is 0 Å². The summed E-state index contributed by atoms with van der Waals surface area (Å²) in [7, 11) is -3.41. The second kappa shape index (κ2) is 7.03. The number of rotatable bonds is 5. The van der Waals surface area contributed by atoms with Gasteiger partial charge in [-0.1, -0.05) is 25.5 Å². The molecule has 1 fully saturated rings. The third-order valence-corrected chi connectivity index (χ3v) is 5.64. The Morgan fingerprint density at radius 2 is 1.76 bits per heavy atom. The van der Waals surface area contributed by atoms with Crippen molar-refractivity contribution in [2.75, 3.05) is 32.7 Å². The van der Waals surface area contributed by atoms with E-state index in [1.807, 2.05) is 17.0 Å². The second-order valence-corrected chi connectivity index (χ2v) is 7.17. The van der Waals surface area contributed by atoms with Crippen molar-refractivity contribution in [2.24, 2.45) is 0 Å². The molecule has 0 atom stereocenters. The van der Waals surface area contributed by atoms with Gasteiger partial charge in [0.15, 0.2) is 0 Å². The highest BCUT2D eigenvalue weighted by Gasteiger charge is 2.28. The molecule has 0 aromatic heterocycles. The highest BCUT2D eigenvalue weighted by atomic mass is 32.2. The van der Waals surface area contributed by atoms with E-state index in [0.717, 1.165) is 18.4 Å². The van der Waals surface area contributed by atoms with Gasteiger partial charge in [-0.05, 0) is 24.1 Å². The summed E-state index contributed by atoms with van der Waals surface area (Å²) in [5.41, 5.74) is 1.16. The summed E-state index contributed by atoms with van der Waals surface area (Å²) in [6.07, 6.45) is 2.01. The zero-order chi connectivity index (χ0) is 15.3. The summed E-state index contributed by atoms with van der Waals surface area (Å²) in [6, 6.07) is 9.27. The fraction of sp³-hybridized carbons (Fsp3) is 0.533. The number of sulfonamides is 1. The molecule has 0 amide bonds. The van der Waals surface area contributed by atoms with Gasteiger partial charge in [-0.25, -0.2) is 8.42 Å². The first kappa shape index (κ1) is 16.0. The van der Waals surface area contributed by atoms with Gasteiger partial charge >= 0.3 is 0 Å². The molecule has 1 aromatic rings. The molecular weight excluding hydrogens is 286 g/mol. The van der Waals surface area contributed by atoms with Gasteiger partial charge in [0, 0.05) is 26.2 Å². The molecule has 2 rings (SSSR count). The van der Waals surface area contributed by atoms with Crippen LogP contribution in [0.25, 0.3) is 0 Å². The molecule has 114 valence electrons. The molecule has 0 unspecified atom stereocenters. The van der Waals surface area contributed by atoms with Gasteiger partial charge < -0.3 is 0 Å². The largest absolute Gasteiger partial charge is 0.288 e. The van der Waals surface area contributed by atoms with Crippen LogP contribution in [0.3, 0.4) is 0 Å². The van der Waals surface area contributed by atoms with E-state index in [-0.39, 0.29) is 0 Å². The van der Waals surface area contributed by atoms with Gasteiger partial charge in [0.1, 0.15) is 0 Å². The maximum atomic E-state index is 12.6. The number of hydrogen-bond acceptors (Lipinski definition) is 4. The molecule has 1 heterocycles. The Morgan fingerprint density at radius 1 is 1.14 bits per heavy atom. The van der Waals surface area contributed by atoms with Crippen molar-refractivity contribution < 1.29 is 8.42 Å². The van der Waals surface area contributed by atoms with Crippen LogP contribution in [-0.4, -0.2) is 50.3 Å². The molecule has 0 N–H and O–H groups in total. The van der Waals surface area contributed by atoms with Gasteiger partial charge in [0.05, 0.1) is 17.5 Å². The fourth-order valence-electron chi connectivity index (χ4n) is 2.49. The van der Waals surface area contributed by atoms with Crippen LogP contribution in [0.1, 0.15) is 18.9 Å². The van der Waals surface area contributed by atoms with Crippen molar-refractivity contribution in [1.29, 1.82) is 5.26 Å². The molecule has 6 heteroatoms. The Hall–Kier alpha value is -1.42. The van der Waals surface area contributed by atoms with Crippen molar-refractivity contribution in [2.45, 2.75) is 24.7 Å². The van der Waals surface area contributed by atoms with E-state index in [4.69, 9.17) is 5.26 Å². The Labute approximate surface area is 126 Å². The zero-order valence-electron chi connectivity index (χ0n) is 12.3. The van der Waals surface area contributed by atoms with E-state index in [2.05, 4.69) is 13.0 Å². The van der Waals surface area contributed by atoms with E-state index in [1.165, 1.54) is 4.31 Å². The van der Waals surface area contributed by atoms with Crippen molar-refractivity contribution >= 4 is 10.0 Å². The zero-order valence-corrected chi connectivity index (χ0v) is 13.1. The van der Waals surface area contributed by atoms with Crippen molar-refractivity contribution in [3.8, 4) is 6.07 Å². The topological polar surface area (TPSA) is 64.4 Å². The molecule has 0 radical (unpaired) electrons. The highest BCUT2D eigenvalue weighted by Crippen LogP contribution is 2.18. The summed E-state index contributed by atoms with van der Waals surface area (Å²) in [4.78, 5) is 2.33. The van der Waals surface area contributed by atoms with Gasteiger partial charge in [-0.15, -0.1) is 0 Å². The quantitative estimate of drug-likeness (QED) is 0.773. The second-order valence-electron chi connectivity index (χ2n) is 5.23. The van der Waals surface area contributed by atoms with Crippen LogP contribution in [0.4, 0.5) is 0 Å². The summed E-state index contributed by atoms with van der Waals surface area (Å²) in [5.74, 6) is 0. The lowest BCUT2D eigenvalue weighted by molar-refractivity contribution is 0.206. The summed E-state index contributed by atoms with van der Waals surface area (Å²) < 4.78 is 26.6. The minimum Gasteiger partial charge on any atom is -0.288 e. The fourth-order valence-corrected chi connectivity index (χ4v) is 3.92. The number of benzene rings is 1. The maximum absolute atomic E-state index is 12.6. The summed E-state index contributed by atoms with van der Waals surface area (Å²) >= 11 is 0. The third-order valence-electron chi connectivity index (χ3n) is 3.73. The van der Waals surface area contributed by atoms with Gasteiger partial charge in [0.2, 0.25) is 10.0 Å². The van der Waals surface area contributed by atoms with Crippen molar-refractivity contribution in [1.82, 2.24) is 9.21 Å². The predicted octanol–water partition coefficient (Wildman–Crippen LogP) is 1.47. The van der Waals surface area contributed by atoms with E-state index in [9.17, 15) is 8.42 Å². The van der Waals surface area contributed by atoms with E-state index in [1.54, 1.807) is 12.1 Å². The first-order valence-corrected chi connectivity index (χ1v) is 8.70. The van der Waals surface area contributed by atoms with E-state index < -0.39 is 10.0 Å². The average Bonchev–Trinajstić information content (AvgIpc) is 2.49. The number of hydrogen-bond donors (Lipinski definition) is 0. The third kappa shape index (κ3) is 3.82. The standard InChI is InChI=1S/C15H21N3O2S/c1-2-3-14-4-6-15(7-5-14)21(19,20)18-12-10-17(9-8-16)11-13-18/h4-7H,2-3,9-13H2,1H3. The van der Waals surface area contributed by atoms with Gasteiger partial charge in [-0.2, -0.15) is 9.57 Å². The molecule has 1 aliphatic rings. The van der Waals surface area contributed by atoms with Crippen molar-refractivity contribution in [3.05, 3.63) is 29.8 Å². The van der Waals surface area contributed by atoms with Gasteiger partial charge in [0.25, 0.3) is 0 Å². The molecule has 0 saturated carbocycles.